The molecule has 1 aliphatic heterocycles. The van der Waals surface area contributed by atoms with E-state index in [0.717, 1.165) is 16.9 Å². The maximum absolute atomic E-state index is 12.0. The van der Waals surface area contributed by atoms with E-state index in [4.69, 9.17) is 11.6 Å². The van der Waals surface area contributed by atoms with Gasteiger partial charge in [-0.3, -0.25) is 4.79 Å². The summed E-state index contributed by atoms with van der Waals surface area (Å²) in [5.74, 6) is -0.0571. The number of aliphatic hydroxyl groups is 1. The van der Waals surface area contributed by atoms with Crippen molar-refractivity contribution in [2.45, 2.75) is 32.9 Å². The average molecular weight is 312 g/mol. The van der Waals surface area contributed by atoms with Crippen LogP contribution < -0.4 is 15.5 Å². The molecular formula is C15H22ClN3O2. The first-order valence-electron chi connectivity index (χ1n) is 7.24. The molecule has 2 rings (SSSR count). The van der Waals surface area contributed by atoms with Crippen molar-refractivity contribution in [3.63, 3.8) is 0 Å². The summed E-state index contributed by atoms with van der Waals surface area (Å²) in [6.45, 7) is 7.31. The van der Waals surface area contributed by atoms with E-state index < -0.39 is 0 Å². The molecule has 0 spiro atoms. The Labute approximate surface area is 130 Å². The Kier molecular flexibility index (Phi) is 5.08. The maximum Gasteiger partial charge on any atom is 0.246 e. The zero-order chi connectivity index (χ0) is 15.6. The molecule has 0 saturated heterocycles. The highest BCUT2D eigenvalue weighted by Crippen LogP contribution is 2.39. The molecule has 0 aliphatic carbocycles. The number of hydrogen-bond donors (Lipinski definition) is 3. The molecule has 0 radical (unpaired) electrons. The summed E-state index contributed by atoms with van der Waals surface area (Å²) >= 11 is 6.41. The first-order valence-corrected chi connectivity index (χ1v) is 7.62. The molecule has 21 heavy (non-hydrogen) atoms. The van der Waals surface area contributed by atoms with Crippen LogP contribution in [-0.4, -0.2) is 36.8 Å². The highest BCUT2D eigenvalue weighted by atomic mass is 35.5. The first kappa shape index (κ1) is 16.1. The van der Waals surface area contributed by atoms with Crippen LogP contribution in [0, 0.1) is 0 Å². The fraction of sp³-hybridized carbons (Fsp3) is 0.533. The summed E-state index contributed by atoms with van der Waals surface area (Å²) in [5, 5.41) is 15.9. The third-order valence-electron chi connectivity index (χ3n) is 3.63. The van der Waals surface area contributed by atoms with Gasteiger partial charge in [0.2, 0.25) is 5.91 Å². The van der Waals surface area contributed by atoms with Crippen molar-refractivity contribution in [1.29, 1.82) is 0 Å². The van der Waals surface area contributed by atoms with Crippen LogP contribution in [0.3, 0.4) is 0 Å². The largest absolute Gasteiger partial charge is 0.395 e. The van der Waals surface area contributed by atoms with Crippen molar-refractivity contribution in [3.05, 3.63) is 22.7 Å². The van der Waals surface area contributed by atoms with Gasteiger partial charge in [0.15, 0.2) is 0 Å². The fourth-order valence-corrected chi connectivity index (χ4v) is 2.94. The number of nitrogens with one attached hydrogen (secondary N) is 2. The monoisotopic (exact) mass is 311 g/mol. The van der Waals surface area contributed by atoms with E-state index >= 15 is 0 Å². The Balaban J connectivity index is 2.40. The van der Waals surface area contributed by atoms with E-state index in [-0.39, 0.29) is 24.6 Å². The topological polar surface area (TPSA) is 64.6 Å². The van der Waals surface area contributed by atoms with Crippen LogP contribution in [0.1, 0.15) is 32.4 Å². The van der Waals surface area contributed by atoms with Crippen LogP contribution in [-0.2, 0) is 4.79 Å². The quantitative estimate of drug-likeness (QED) is 0.753. The Morgan fingerprint density at radius 1 is 1.48 bits per heavy atom. The number of rotatable bonds is 6. The molecule has 1 atom stereocenters. The van der Waals surface area contributed by atoms with Crippen molar-refractivity contribution < 1.29 is 9.90 Å². The fourth-order valence-electron chi connectivity index (χ4n) is 2.66. The minimum atomic E-state index is -0.345. The van der Waals surface area contributed by atoms with E-state index in [9.17, 15) is 9.90 Å². The van der Waals surface area contributed by atoms with Gasteiger partial charge >= 0.3 is 0 Å². The van der Waals surface area contributed by atoms with E-state index in [1.54, 1.807) is 0 Å². The molecule has 1 aromatic carbocycles. The molecule has 0 fully saturated rings. The standard InChI is InChI=1S/C15H22ClN3O2/c1-4-17-14-10-7-11(16)13(8-12(10)18-15(14)21)19(5-6-20)9(2)3/h7-9,14,17,20H,4-6H2,1-3H3,(H,18,21). The number of carbonyl (C=O) groups is 1. The lowest BCUT2D eigenvalue weighted by atomic mass is 10.1. The number of anilines is 2. The second kappa shape index (κ2) is 6.64. The molecule has 5 nitrogen and oxygen atoms in total. The highest BCUT2D eigenvalue weighted by molar-refractivity contribution is 6.33. The average Bonchev–Trinajstić information content (AvgIpc) is 2.72. The minimum Gasteiger partial charge on any atom is -0.395 e. The predicted octanol–water partition coefficient (Wildman–Crippen LogP) is 2.15. The molecule has 1 aliphatic rings. The Hall–Kier alpha value is -1.30. The van der Waals surface area contributed by atoms with Crippen LogP contribution in [0.2, 0.25) is 5.02 Å². The van der Waals surface area contributed by atoms with Gasteiger partial charge in [-0.15, -0.1) is 0 Å². The van der Waals surface area contributed by atoms with Gasteiger partial charge in [0.05, 0.1) is 17.3 Å². The summed E-state index contributed by atoms with van der Waals surface area (Å²) in [5.41, 5.74) is 2.49. The number of benzene rings is 1. The van der Waals surface area contributed by atoms with Gasteiger partial charge in [0.25, 0.3) is 0 Å². The van der Waals surface area contributed by atoms with Gasteiger partial charge in [0, 0.05) is 23.8 Å². The van der Waals surface area contributed by atoms with Gasteiger partial charge in [-0.2, -0.15) is 0 Å². The summed E-state index contributed by atoms with van der Waals surface area (Å²) in [4.78, 5) is 14.0. The summed E-state index contributed by atoms with van der Waals surface area (Å²) in [7, 11) is 0. The number of likely N-dealkylation sites (N-methyl/N-ethyl adjacent to an activating group) is 1. The second-order valence-electron chi connectivity index (χ2n) is 5.38. The molecule has 1 unspecified atom stereocenters. The van der Waals surface area contributed by atoms with Crippen LogP contribution in [0.25, 0.3) is 0 Å². The molecule has 0 bridgehead atoms. The van der Waals surface area contributed by atoms with E-state index in [1.165, 1.54) is 0 Å². The van der Waals surface area contributed by atoms with Crippen molar-refractivity contribution >= 4 is 28.9 Å². The lowest BCUT2D eigenvalue weighted by Crippen LogP contribution is -2.33. The SMILES string of the molecule is CCNC1C(=O)Nc2cc(N(CCO)C(C)C)c(Cl)cc21. The van der Waals surface area contributed by atoms with Crippen molar-refractivity contribution in [3.8, 4) is 0 Å². The van der Waals surface area contributed by atoms with Crippen molar-refractivity contribution in [2.75, 3.05) is 29.9 Å². The highest BCUT2D eigenvalue weighted by Gasteiger charge is 2.31. The number of fused-ring (bicyclic) bond motifs is 1. The molecule has 0 aromatic heterocycles. The van der Waals surface area contributed by atoms with Gasteiger partial charge in [-0.05, 0) is 32.5 Å². The lowest BCUT2D eigenvalue weighted by Gasteiger charge is -2.29. The third kappa shape index (κ3) is 3.15. The maximum atomic E-state index is 12.0. The number of halogens is 1. The van der Waals surface area contributed by atoms with E-state index in [2.05, 4.69) is 10.6 Å². The van der Waals surface area contributed by atoms with Crippen molar-refractivity contribution in [2.24, 2.45) is 0 Å². The summed E-state index contributed by atoms with van der Waals surface area (Å²) in [6, 6.07) is 3.59. The van der Waals surface area contributed by atoms with Crippen LogP contribution in [0.5, 0.6) is 0 Å². The minimum absolute atomic E-state index is 0.0535. The lowest BCUT2D eigenvalue weighted by molar-refractivity contribution is -0.117. The number of amides is 1. The number of carbonyl (C=O) groups excluding carboxylic acids is 1. The molecule has 1 amide bonds. The predicted molar refractivity (Wildman–Crippen MR) is 86.1 cm³/mol. The van der Waals surface area contributed by atoms with Crippen molar-refractivity contribution in [1.82, 2.24) is 5.32 Å². The van der Waals surface area contributed by atoms with Gasteiger partial charge in [-0.1, -0.05) is 18.5 Å². The number of aliphatic hydroxyl groups excluding tert-OH is 1. The Bertz CT molecular complexity index is 534. The first-order chi connectivity index (χ1) is 9.99. The van der Waals surface area contributed by atoms with E-state index in [0.29, 0.717) is 18.1 Å². The van der Waals surface area contributed by atoms with E-state index in [1.807, 2.05) is 37.8 Å². The zero-order valence-electron chi connectivity index (χ0n) is 12.6. The second-order valence-corrected chi connectivity index (χ2v) is 5.79. The van der Waals surface area contributed by atoms with Gasteiger partial charge < -0.3 is 20.6 Å². The molecule has 0 saturated carbocycles. The molecule has 3 N–H and O–H groups in total. The molecule has 1 heterocycles. The third-order valence-corrected chi connectivity index (χ3v) is 3.93. The molecule has 6 heteroatoms. The van der Waals surface area contributed by atoms with Gasteiger partial charge in [0.1, 0.15) is 6.04 Å². The zero-order valence-corrected chi connectivity index (χ0v) is 13.4. The van der Waals surface area contributed by atoms with Crippen LogP contribution >= 0.6 is 11.6 Å². The van der Waals surface area contributed by atoms with Gasteiger partial charge in [-0.25, -0.2) is 0 Å². The summed E-state index contributed by atoms with van der Waals surface area (Å²) < 4.78 is 0. The summed E-state index contributed by atoms with van der Waals surface area (Å²) in [6.07, 6.45) is 0. The molecule has 116 valence electrons. The van der Waals surface area contributed by atoms with Crippen LogP contribution in [0.4, 0.5) is 11.4 Å². The normalized spacial score (nSPS) is 17.0. The Morgan fingerprint density at radius 2 is 2.19 bits per heavy atom. The number of hydrogen-bond acceptors (Lipinski definition) is 4. The molecule has 1 aromatic rings. The molecular weight excluding hydrogens is 290 g/mol. The van der Waals surface area contributed by atoms with Crippen LogP contribution in [0.15, 0.2) is 12.1 Å². The number of nitrogens with zero attached hydrogens (tertiary/aromatic N) is 1. The Morgan fingerprint density at radius 3 is 2.76 bits per heavy atom. The smallest absolute Gasteiger partial charge is 0.246 e.